The van der Waals surface area contributed by atoms with Crippen molar-refractivity contribution in [2.24, 2.45) is 0 Å². The minimum Gasteiger partial charge on any atom is -0.288 e. The Labute approximate surface area is 117 Å². The quantitative estimate of drug-likeness (QED) is 0.536. The van der Waals surface area contributed by atoms with Gasteiger partial charge in [0.1, 0.15) is 26.4 Å². The van der Waals surface area contributed by atoms with Crippen LogP contribution in [0.25, 0.3) is 5.57 Å². The lowest BCUT2D eigenvalue weighted by molar-refractivity contribution is 0.104. The summed E-state index contributed by atoms with van der Waals surface area (Å²) in [5.41, 5.74) is 1.15. The molecule has 0 unspecified atom stereocenters. The van der Waals surface area contributed by atoms with Crippen molar-refractivity contribution in [3.63, 3.8) is 0 Å². The molecule has 2 rings (SSSR count). The summed E-state index contributed by atoms with van der Waals surface area (Å²) >= 11 is 13.1. The van der Waals surface area contributed by atoms with Gasteiger partial charge in [0.15, 0.2) is 5.78 Å². The summed E-state index contributed by atoms with van der Waals surface area (Å²) in [6.07, 6.45) is 1.56. The van der Waals surface area contributed by atoms with Crippen LogP contribution in [0.15, 0.2) is 17.2 Å². The van der Waals surface area contributed by atoms with Gasteiger partial charge in [-0.3, -0.25) is 4.79 Å². The van der Waals surface area contributed by atoms with Crippen molar-refractivity contribution in [1.29, 1.82) is 10.5 Å². The predicted octanol–water partition coefficient (Wildman–Crippen LogP) is 4.00. The Balaban J connectivity index is 2.94. The van der Waals surface area contributed by atoms with Gasteiger partial charge in [-0.25, -0.2) is 0 Å². The molecule has 0 N–H and O–H groups in total. The van der Waals surface area contributed by atoms with Crippen molar-refractivity contribution in [2.45, 2.75) is 6.92 Å². The van der Waals surface area contributed by atoms with E-state index >= 15 is 0 Å². The highest BCUT2D eigenvalue weighted by Gasteiger charge is 2.37. The van der Waals surface area contributed by atoms with E-state index in [-0.39, 0.29) is 26.8 Å². The monoisotopic (exact) mass is 294 g/mol. The van der Waals surface area contributed by atoms with Gasteiger partial charge in [0.25, 0.3) is 0 Å². The molecule has 0 bridgehead atoms. The normalized spacial score (nSPS) is 15.5. The molecular formula is C12H4Cl2N2OS. The lowest BCUT2D eigenvalue weighted by atomic mass is 10.0. The largest absolute Gasteiger partial charge is 0.288 e. The van der Waals surface area contributed by atoms with Crippen molar-refractivity contribution in [2.75, 3.05) is 0 Å². The molecule has 0 saturated heterocycles. The van der Waals surface area contributed by atoms with Crippen LogP contribution in [0.1, 0.15) is 22.8 Å². The first kappa shape index (κ1) is 12.9. The minimum atomic E-state index is -0.293. The Morgan fingerprint density at radius 1 is 1.22 bits per heavy atom. The van der Waals surface area contributed by atoms with Gasteiger partial charge in [-0.05, 0) is 6.92 Å². The molecule has 0 aromatic carbocycles. The summed E-state index contributed by atoms with van der Waals surface area (Å²) in [6.45, 7) is 1.66. The van der Waals surface area contributed by atoms with Gasteiger partial charge in [0.2, 0.25) is 0 Å². The predicted molar refractivity (Wildman–Crippen MR) is 70.6 cm³/mol. The topological polar surface area (TPSA) is 64.7 Å². The summed E-state index contributed by atoms with van der Waals surface area (Å²) < 4.78 is 0.600. The van der Waals surface area contributed by atoms with E-state index in [1.54, 1.807) is 25.1 Å². The van der Waals surface area contributed by atoms with E-state index in [2.05, 4.69) is 0 Å². The van der Waals surface area contributed by atoms with Crippen molar-refractivity contribution in [1.82, 2.24) is 0 Å². The number of nitrogens with zero attached hydrogens (tertiary/aromatic N) is 2. The lowest BCUT2D eigenvalue weighted by Gasteiger charge is -2.00. The molecule has 1 aliphatic carbocycles. The highest BCUT2D eigenvalue weighted by Crippen LogP contribution is 2.49. The highest BCUT2D eigenvalue weighted by atomic mass is 35.5. The average Bonchev–Trinajstić information content (AvgIpc) is 2.79. The van der Waals surface area contributed by atoms with Gasteiger partial charge in [-0.15, -0.1) is 11.3 Å². The first-order valence-electron chi connectivity index (χ1n) is 4.80. The molecule has 1 aromatic rings. The second-order valence-electron chi connectivity index (χ2n) is 3.40. The summed E-state index contributed by atoms with van der Waals surface area (Å²) in [6, 6.07) is 3.57. The van der Waals surface area contributed by atoms with Crippen LogP contribution in [0.4, 0.5) is 0 Å². The zero-order valence-corrected chi connectivity index (χ0v) is 11.4. The Hall–Kier alpha value is -1.59. The Bertz CT molecular complexity index is 698. The number of hydrogen-bond donors (Lipinski definition) is 0. The highest BCUT2D eigenvalue weighted by molar-refractivity contribution is 7.20. The number of carbonyl (C=O) groups excluding carboxylic acids is 1. The fraction of sp³-hybridized carbons (Fsp3) is 0.0833. The smallest absolute Gasteiger partial charge is 0.196 e. The standard InChI is InChI=1S/C12H4Cl2N2OS/c1-2-6-7(5(3-15)4-16)8-9(10(6)17)12(14)18-11(8)13/h2H,1H3/b6-2+. The maximum absolute atomic E-state index is 12.2. The van der Waals surface area contributed by atoms with E-state index < -0.39 is 0 Å². The lowest BCUT2D eigenvalue weighted by Crippen LogP contribution is -1.95. The number of halogens is 2. The Kier molecular flexibility index (Phi) is 3.28. The molecule has 0 amide bonds. The van der Waals surface area contributed by atoms with Crippen molar-refractivity contribution in [3.8, 4) is 12.1 Å². The van der Waals surface area contributed by atoms with Crippen LogP contribution in [0.5, 0.6) is 0 Å². The SMILES string of the molecule is C/C=C1/C(=O)c2c(Cl)sc(Cl)c2C1=C(C#N)C#N. The van der Waals surface area contributed by atoms with Crippen LogP contribution in [-0.2, 0) is 0 Å². The molecule has 88 valence electrons. The molecule has 18 heavy (non-hydrogen) atoms. The number of fused-ring (bicyclic) bond motifs is 1. The molecule has 0 aliphatic heterocycles. The van der Waals surface area contributed by atoms with Crippen molar-refractivity contribution < 1.29 is 4.79 Å². The summed E-state index contributed by atoms with van der Waals surface area (Å²) in [5, 5.41) is 17.9. The van der Waals surface area contributed by atoms with E-state index in [1.807, 2.05) is 0 Å². The third-order valence-electron chi connectivity index (χ3n) is 2.58. The first-order valence-corrected chi connectivity index (χ1v) is 6.38. The van der Waals surface area contributed by atoms with E-state index in [4.69, 9.17) is 33.7 Å². The molecule has 0 spiro atoms. The van der Waals surface area contributed by atoms with E-state index in [1.165, 1.54) is 0 Å². The van der Waals surface area contributed by atoms with Crippen LogP contribution in [-0.4, -0.2) is 5.78 Å². The number of rotatable bonds is 0. The van der Waals surface area contributed by atoms with Gasteiger partial charge in [0, 0.05) is 16.7 Å². The van der Waals surface area contributed by atoms with Crippen LogP contribution in [0.2, 0.25) is 8.67 Å². The van der Waals surface area contributed by atoms with Crippen LogP contribution < -0.4 is 0 Å². The van der Waals surface area contributed by atoms with Gasteiger partial charge in [-0.1, -0.05) is 29.3 Å². The van der Waals surface area contributed by atoms with Crippen molar-refractivity contribution >= 4 is 45.9 Å². The Morgan fingerprint density at radius 3 is 2.28 bits per heavy atom. The molecule has 0 saturated carbocycles. The average molecular weight is 295 g/mol. The number of allylic oxidation sites excluding steroid dienone is 4. The fourth-order valence-corrected chi connectivity index (χ4v) is 3.57. The summed E-state index contributed by atoms with van der Waals surface area (Å²) in [5.74, 6) is -0.293. The number of thiophene rings is 1. The molecule has 1 aliphatic rings. The van der Waals surface area contributed by atoms with Gasteiger partial charge < -0.3 is 0 Å². The van der Waals surface area contributed by atoms with E-state index in [0.29, 0.717) is 15.5 Å². The number of Topliss-reactive ketones (excluding diaryl/α,β-unsaturated/α-hetero) is 1. The molecule has 0 fully saturated rings. The summed E-state index contributed by atoms with van der Waals surface area (Å²) in [4.78, 5) is 12.2. The molecule has 1 aromatic heterocycles. The Morgan fingerprint density at radius 2 is 1.78 bits per heavy atom. The number of carbonyl (C=O) groups is 1. The molecule has 3 nitrogen and oxygen atoms in total. The molecule has 0 radical (unpaired) electrons. The maximum atomic E-state index is 12.2. The second-order valence-corrected chi connectivity index (χ2v) is 5.63. The van der Waals surface area contributed by atoms with Crippen LogP contribution >= 0.6 is 34.5 Å². The summed E-state index contributed by atoms with van der Waals surface area (Å²) in [7, 11) is 0. The molecule has 0 atom stereocenters. The molecular weight excluding hydrogens is 291 g/mol. The zero-order valence-electron chi connectivity index (χ0n) is 9.04. The minimum absolute atomic E-state index is 0.133. The van der Waals surface area contributed by atoms with Gasteiger partial charge in [-0.2, -0.15) is 10.5 Å². The van der Waals surface area contributed by atoms with Crippen LogP contribution in [0, 0.1) is 22.7 Å². The van der Waals surface area contributed by atoms with E-state index in [9.17, 15) is 4.79 Å². The first-order chi connectivity index (χ1) is 8.56. The van der Waals surface area contributed by atoms with E-state index in [0.717, 1.165) is 11.3 Å². The second kappa shape index (κ2) is 4.59. The zero-order chi connectivity index (χ0) is 13.4. The van der Waals surface area contributed by atoms with Crippen molar-refractivity contribution in [3.05, 3.63) is 37.0 Å². The number of ketones is 1. The maximum Gasteiger partial charge on any atom is 0.196 e. The molecule has 1 heterocycles. The fourth-order valence-electron chi connectivity index (χ4n) is 1.86. The molecule has 6 heteroatoms. The number of hydrogen-bond acceptors (Lipinski definition) is 4. The van der Waals surface area contributed by atoms with Gasteiger partial charge in [0.05, 0.1) is 5.56 Å². The third-order valence-corrected chi connectivity index (χ3v) is 4.18. The van der Waals surface area contributed by atoms with Crippen LogP contribution in [0.3, 0.4) is 0 Å². The number of nitriles is 2. The van der Waals surface area contributed by atoms with Gasteiger partial charge >= 0.3 is 0 Å². The third kappa shape index (κ3) is 1.59.